The van der Waals surface area contributed by atoms with Crippen molar-refractivity contribution in [1.29, 1.82) is 0 Å². The van der Waals surface area contributed by atoms with Crippen LogP contribution in [0.15, 0.2) is 0 Å². The first-order valence-electron chi connectivity index (χ1n) is 5.28. The summed E-state index contributed by atoms with van der Waals surface area (Å²) in [5, 5.41) is 11.8. The first kappa shape index (κ1) is 12.0. The zero-order chi connectivity index (χ0) is 11.4. The van der Waals surface area contributed by atoms with Gasteiger partial charge in [-0.3, -0.25) is 9.59 Å². The van der Waals surface area contributed by atoms with Crippen molar-refractivity contribution in [3.8, 4) is 0 Å². The smallest absolute Gasteiger partial charge is 0.308 e. The lowest BCUT2D eigenvalue weighted by Crippen LogP contribution is -2.53. The van der Waals surface area contributed by atoms with E-state index >= 15 is 0 Å². The zero-order valence-corrected chi connectivity index (χ0v) is 9.19. The third-order valence-corrected chi connectivity index (χ3v) is 2.74. The normalized spacial score (nSPS) is 18.0. The van der Waals surface area contributed by atoms with Crippen LogP contribution in [0.1, 0.15) is 13.8 Å². The Bertz CT molecular complexity index is 251. The molecule has 1 aliphatic rings. The summed E-state index contributed by atoms with van der Waals surface area (Å²) in [5.41, 5.74) is 0. The standard InChI is InChI=1S/C10H18N2O3/c1-3-12(6-7(2)10(14)15)9(13)8-4-11-5-8/h7-8,11H,3-6H2,1-2H3,(H,14,15). The molecule has 0 bridgehead atoms. The van der Waals surface area contributed by atoms with Crippen LogP contribution >= 0.6 is 0 Å². The average molecular weight is 214 g/mol. The molecule has 0 aromatic rings. The van der Waals surface area contributed by atoms with E-state index in [0.717, 1.165) is 13.1 Å². The molecule has 1 atom stereocenters. The Morgan fingerprint density at radius 1 is 1.53 bits per heavy atom. The van der Waals surface area contributed by atoms with Gasteiger partial charge in [0.1, 0.15) is 0 Å². The van der Waals surface area contributed by atoms with E-state index in [1.165, 1.54) is 0 Å². The zero-order valence-electron chi connectivity index (χ0n) is 9.19. The molecule has 0 radical (unpaired) electrons. The number of aliphatic carboxylic acids is 1. The van der Waals surface area contributed by atoms with Crippen LogP contribution in [0.3, 0.4) is 0 Å². The molecule has 1 rings (SSSR count). The Labute approximate surface area is 89.4 Å². The quantitative estimate of drug-likeness (QED) is 0.663. The number of carboxylic acid groups (broad SMARTS) is 1. The fourth-order valence-electron chi connectivity index (χ4n) is 1.51. The van der Waals surface area contributed by atoms with Gasteiger partial charge in [-0.25, -0.2) is 0 Å². The van der Waals surface area contributed by atoms with Gasteiger partial charge in [-0.1, -0.05) is 6.92 Å². The number of carboxylic acids is 1. The van der Waals surface area contributed by atoms with Gasteiger partial charge in [0, 0.05) is 26.2 Å². The summed E-state index contributed by atoms with van der Waals surface area (Å²) in [7, 11) is 0. The summed E-state index contributed by atoms with van der Waals surface area (Å²) in [4.78, 5) is 24.1. The van der Waals surface area contributed by atoms with Gasteiger partial charge in [0.15, 0.2) is 0 Å². The van der Waals surface area contributed by atoms with E-state index in [1.54, 1.807) is 11.8 Å². The molecule has 0 aliphatic carbocycles. The first-order valence-corrected chi connectivity index (χ1v) is 5.28. The Morgan fingerprint density at radius 3 is 2.47 bits per heavy atom. The van der Waals surface area contributed by atoms with Crippen molar-refractivity contribution in [1.82, 2.24) is 10.2 Å². The summed E-state index contributed by atoms with van der Waals surface area (Å²) < 4.78 is 0. The number of carbonyl (C=O) groups is 2. The summed E-state index contributed by atoms with van der Waals surface area (Å²) in [6.45, 7) is 5.82. The maximum absolute atomic E-state index is 11.8. The molecule has 5 nitrogen and oxygen atoms in total. The second kappa shape index (κ2) is 5.11. The minimum atomic E-state index is -0.854. The number of hydrogen-bond acceptors (Lipinski definition) is 3. The Kier molecular flexibility index (Phi) is 4.08. The number of nitrogens with zero attached hydrogens (tertiary/aromatic N) is 1. The predicted octanol–water partition coefficient (Wildman–Crippen LogP) is -0.225. The predicted molar refractivity (Wildman–Crippen MR) is 55.4 cm³/mol. The van der Waals surface area contributed by atoms with Gasteiger partial charge in [-0.2, -0.15) is 0 Å². The van der Waals surface area contributed by atoms with Crippen molar-refractivity contribution in [2.45, 2.75) is 13.8 Å². The number of carbonyl (C=O) groups excluding carboxylic acids is 1. The highest BCUT2D eigenvalue weighted by molar-refractivity contribution is 5.81. The molecule has 1 heterocycles. The van der Waals surface area contributed by atoms with Gasteiger partial charge in [-0.15, -0.1) is 0 Å². The SMILES string of the molecule is CCN(CC(C)C(=O)O)C(=O)C1CNC1. The van der Waals surface area contributed by atoms with Crippen molar-refractivity contribution >= 4 is 11.9 Å². The number of nitrogens with one attached hydrogen (secondary N) is 1. The Morgan fingerprint density at radius 2 is 2.13 bits per heavy atom. The minimum Gasteiger partial charge on any atom is -0.481 e. The summed E-state index contributed by atoms with van der Waals surface area (Å²) in [5.74, 6) is -1.23. The Balaban J connectivity index is 2.47. The number of rotatable bonds is 5. The molecule has 0 aromatic heterocycles. The molecule has 0 aromatic carbocycles. The van der Waals surface area contributed by atoms with Crippen LogP contribution in [0.5, 0.6) is 0 Å². The third kappa shape index (κ3) is 2.92. The highest BCUT2D eigenvalue weighted by atomic mass is 16.4. The Hall–Kier alpha value is -1.10. The molecule has 1 fully saturated rings. The molecule has 2 N–H and O–H groups in total. The second-order valence-electron chi connectivity index (χ2n) is 3.97. The molecule has 1 unspecified atom stereocenters. The molecular formula is C10H18N2O3. The largest absolute Gasteiger partial charge is 0.481 e. The van der Waals surface area contributed by atoms with Gasteiger partial charge in [0.25, 0.3) is 0 Å². The molecule has 1 saturated heterocycles. The van der Waals surface area contributed by atoms with Crippen LogP contribution in [0.4, 0.5) is 0 Å². The summed E-state index contributed by atoms with van der Waals surface area (Å²) in [6.07, 6.45) is 0. The monoisotopic (exact) mass is 214 g/mol. The molecule has 1 aliphatic heterocycles. The van der Waals surface area contributed by atoms with E-state index in [0.29, 0.717) is 13.1 Å². The second-order valence-corrected chi connectivity index (χ2v) is 3.97. The van der Waals surface area contributed by atoms with E-state index in [2.05, 4.69) is 5.32 Å². The van der Waals surface area contributed by atoms with Crippen molar-refractivity contribution < 1.29 is 14.7 Å². The van der Waals surface area contributed by atoms with Crippen molar-refractivity contribution in [3.63, 3.8) is 0 Å². The summed E-state index contributed by atoms with van der Waals surface area (Å²) in [6, 6.07) is 0. The van der Waals surface area contributed by atoms with E-state index in [1.807, 2.05) is 6.92 Å². The van der Waals surface area contributed by atoms with Crippen molar-refractivity contribution in [2.24, 2.45) is 11.8 Å². The van der Waals surface area contributed by atoms with E-state index in [4.69, 9.17) is 5.11 Å². The maximum Gasteiger partial charge on any atom is 0.308 e. The van der Waals surface area contributed by atoms with Crippen LogP contribution in [0, 0.1) is 11.8 Å². The highest BCUT2D eigenvalue weighted by Crippen LogP contribution is 2.10. The first-order chi connectivity index (χ1) is 7.06. The van der Waals surface area contributed by atoms with Crippen molar-refractivity contribution in [3.05, 3.63) is 0 Å². The van der Waals surface area contributed by atoms with Crippen LogP contribution in [-0.2, 0) is 9.59 Å². The van der Waals surface area contributed by atoms with Gasteiger partial charge in [0.2, 0.25) is 5.91 Å². The van der Waals surface area contributed by atoms with Crippen LogP contribution in [-0.4, -0.2) is 48.1 Å². The lowest BCUT2D eigenvalue weighted by atomic mass is 10.0. The van der Waals surface area contributed by atoms with Gasteiger partial charge >= 0.3 is 5.97 Å². The highest BCUT2D eigenvalue weighted by Gasteiger charge is 2.29. The lowest BCUT2D eigenvalue weighted by molar-refractivity contribution is -0.144. The van der Waals surface area contributed by atoms with Gasteiger partial charge < -0.3 is 15.3 Å². The number of hydrogen-bond donors (Lipinski definition) is 2. The molecule has 1 amide bonds. The van der Waals surface area contributed by atoms with Crippen LogP contribution in [0.25, 0.3) is 0 Å². The fraction of sp³-hybridized carbons (Fsp3) is 0.800. The topological polar surface area (TPSA) is 69.6 Å². The van der Waals surface area contributed by atoms with Gasteiger partial charge in [0.05, 0.1) is 11.8 Å². The fourth-order valence-corrected chi connectivity index (χ4v) is 1.51. The molecule has 0 spiro atoms. The van der Waals surface area contributed by atoms with Crippen LogP contribution in [0.2, 0.25) is 0 Å². The van der Waals surface area contributed by atoms with E-state index in [-0.39, 0.29) is 11.8 Å². The number of amides is 1. The molecule has 15 heavy (non-hydrogen) atoms. The van der Waals surface area contributed by atoms with Crippen LogP contribution < -0.4 is 5.32 Å². The van der Waals surface area contributed by atoms with E-state index < -0.39 is 11.9 Å². The maximum atomic E-state index is 11.8. The lowest BCUT2D eigenvalue weighted by Gasteiger charge is -2.32. The summed E-state index contributed by atoms with van der Waals surface area (Å²) >= 11 is 0. The van der Waals surface area contributed by atoms with Gasteiger partial charge in [-0.05, 0) is 6.92 Å². The van der Waals surface area contributed by atoms with E-state index in [9.17, 15) is 9.59 Å². The molecular weight excluding hydrogens is 196 g/mol. The minimum absolute atomic E-state index is 0.0472. The van der Waals surface area contributed by atoms with Crippen molar-refractivity contribution in [2.75, 3.05) is 26.2 Å². The third-order valence-electron chi connectivity index (χ3n) is 2.74. The molecule has 86 valence electrons. The average Bonchev–Trinajstić information content (AvgIpc) is 2.10. The molecule has 5 heteroatoms. The molecule has 0 saturated carbocycles.